The van der Waals surface area contributed by atoms with Crippen molar-refractivity contribution in [2.45, 2.75) is 84.9 Å². The molecule has 0 amide bonds. The van der Waals surface area contributed by atoms with E-state index in [0.717, 1.165) is 41.2 Å². The van der Waals surface area contributed by atoms with E-state index in [-0.39, 0.29) is 6.10 Å². The Balaban J connectivity index is 1.01. The third-order valence-corrected chi connectivity index (χ3v) is 9.43. The molecule has 2 aromatic carbocycles. The van der Waals surface area contributed by atoms with Crippen molar-refractivity contribution in [2.24, 2.45) is 0 Å². The van der Waals surface area contributed by atoms with Gasteiger partial charge in [0.15, 0.2) is 0 Å². The minimum atomic E-state index is -1.37. The second-order valence-electron chi connectivity index (χ2n) is 14.1. The van der Waals surface area contributed by atoms with Crippen LogP contribution in [0.3, 0.4) is 0 Å². The zero-order valence-corrected chi connectivity index (χ0v) is 30.0. The maximum absolute atomic E-state index is 11.8. The van der Waals surface area contributed by atoms with Crippen LogP contribution in [0.2, 0.25) is 0 Å². The number of furan rings is 2. The molecule has 51 heavy (non-hydrogen) atoms. The Hall–Kier alpha value is -4.99. The monoisotopic (exact) mass is 692 g/mol. The molecule has 1 fully saturated rings. The van der Waals surface area contributed by atoms with Gasteiger partial charge in [-0.3, -0.25) is 0 Å². The first-order valence-corrected chi connectivity index (χ1v) is 17.4. The van der Waals surface area contributed by atoms with Gasteiger partial charge >= 0.3 is 11.6 Å². The van der Waals surface area contributed by atoms with Crippen LogP contribution in [-0.4, -0.2) is 30.9 Å². The molecule has 9 nitrogen and oxygen atoms in total. The van der Waals surface area contributed by atoms with Gasteiger partial charge in [-0.1, -0.05) is 22.8 Å². The van der Waals surface area contributed by atoms with Crippen LogP contribution >= 0.6 is 0 Å². The summed E-state index contributed by atoms with van der Waals surface area (Å²) < 4.78 is 48.9. The molecule has 0 radical (unpaired) electrons. The molecule has 3 aromatic heterocycles. The largest absolute Gasteiger partial charge is 0.488 e. The lowest BCUT2D eigenvalue weighted by atomic mass is 9.96. The van der Waals surface area contributed by atoms with Gasteiger partial charge in [0.05, 0.1) is 46.0 Å². The van der Waals surface area contributed by atoms with Gasteiger partial charge in [0.25, 0.3) is 0 Å². The molecule has 5 heterocycles. The molecule has 1 spiro atoms. The Morgan fingerprint density at radius 3 is 2.22 bits per heavy atom. The minimum absolute atomic E-state index is 0.248. The number of rotatable bonds is 12. The summed E-state index contributed by atoms with van der Waals surface area (Å²) in [6.07, 6.45) is 16.7. The fraction of sp³-hybridized carbons (Fsp3) is 0.357. The van der Waals surface area contributed by atoms with Gasteiger partial charge in [-0.15, -0.1) is 0 Å². The van der Waals surface area contributed by atoms with Crippen molar-refractivity contribution in [1.29, 1.82) is 0 Å². The van der Waals surface area contributed by atoms with Gasteiger partial charge in [0, 0.05) is 24.3 Å². The highest BCUT2D eigenvalue weighted by molar-refractivity contribution is 6.01. The number of allylic oxidation sites excluding steroid dienone is 4. The third-order valence-electron chi connectivity index (χ3n) is 9.43. The Morgan fingerprint density at radius 2 is 1.47 bits per heavy atom. The lowest BCUT2D eigenvalue weighted by Gasteiger charge is -2.30. The van der Waals surface area contributed by atoms with Crippen molar-refractivity contribution in [3.8, 4) is 17.2 Å². The van der Waals surface area contributed by atoms with Crippen LogP contribution in [0.25, 0.3) is 39.0 Å². The molecule has 2 atom stereocenters. The molecule has 2 unspecified atom stereocenters. The predicted molar refractivity (Wildman–Crippen MR) is 197 cm³/mol. The van der Waals surface area contributed by atoms with Crippen molar-refractivity contribution < 1.29 is 36.9 Å². The zero-order chi connectivity index (χ0) is 35.8. The van der Waals surface area contributed by atoms with Crippen LogP contribution < -0.4 is 19.8 Å². The maximum Gasteiger partial charge on any atom is 0.350 e. The molecule has 1 saturated heterocycles. The van der Waals surface area contributed by atoms with Crippen molar-refractivity contribution in [3.05, 3.63) is 106 Å². The second-order valence-corrected chi connectivity index (χ2v) is 14.1. The average Bonchev–Trinajstić information content (AvgIpc) is 3.80. The smallest absolute Gasteiger partial charge is 0.350 e. The van der Waals surface area contributed by atoms with Gasteiger partial charge in [0.1, 0.15) is 47.2 Å². The zero-order valence-electron chi connectivity index (χ0n) is 30.0. The number of ether oxygens (including phenoxy) is 5. The molecule has 2 aliphatic rings. The average molecular weight is 693 g/mol. The van der Waals surface area contributed by atoms with Crippen molar-refractivity contribution >= 4 is 39.0 Å². The van der Waals surface area contributed by atoms with E-state index in [4.69, 9.17) is 36.9 Å². The van der Waals surface area contributed by atoms with E-state index in [1.54, 1.807) is 24.7 Å². The second kappa shape index (κ2) is 14.0. The molecular weight excluding hydrogens is 648 g/mol. The number of fused-ring (bicyclic) bond motifs is 4. The molecule has 0 saturated carbocycles. The van der Waals surface area contributed by atoms with E-state index in [1.165, 1.54) is 17.2 Å². The van der Waals surface area contributed by atoms with Crippen LogP contribution in [0.1, 0.15) is 72.8 Å². The fourth-order valence-electron chi connectivity index (χ4n) is 6.62. The highest BCUT2D eigenvalue weighted by atomic mass is 16.9. The fourth-order valence-corrected chi connectivity index (χ4v) is 6.62. The number of hydrogen-bond donors (Lipinski definition) is 0. The van der Waals surface area contributed by atoms with Gasteiger partial charge in [-0.2, -0.15) is 0 Å². The molecule has 266 valence electrons. The Labute approximate surface area is 296 Å². The van der Waals surface area contributed by atoms with Crippen LogP contribution in [0.4, 0.5) is 0 Å². The van der Waals surface area contributed by atoms with Crippen LogP contribution in [0, 0.1) is 0 Å². The normalized spacial score (nSPS) is 19.9. The van der Waals surface area contributed by atoms with Gasteiger partial charge in [0.2, 0.25) is 0 Å². The predicted octanol–water partition coefficient (Wildman–Crippen LogP) is 10.4. The number of benzene rings is 2. The minimum Gasteiger partial charge on any atom is -0.488 e. The highest BCUT2D eigenvalue weighted by Crippen LogP contribution is 2.48. The first-order chi connectivity index (χ1) is 24.5. The van der Waals surface area contributed by atoms with Crippen molar-refractivity contribution in [3.63, 3.8) is 0 Å². The van der Waals surface area contributed by atoms with Gasteiger partial charge in [-0.05, 0) is 104 Å². The Bertz CT molecular complexity index is 2250. The van der Waals surface area contributed by atoms with E-state index >= 15 is 0 Å². The molecular formula is C42H44O9. The first-order valence-electron chi connectivity index (χ1n) is 17.4. The molecule has 0 aliphatic carbocycles. The topological polar surface area (TPSA) is 103 Å². The summed E-state index contributed by atoms with van der Waals surface area (Å²) in [5, 5.41) is 2.41. The summed E-state index contributed by atoms with van der Waals surface area (Å²) in [6.45, 7) is 13.3. The highest BCUT2D eigenvalue weighted by Gasteiger charge is 2.54. The molecule has 2 aliphatic heterocycles. The van der Waals surface area contributed by atoms with E-state index < -0.39 is 17.2 Å². The SMILES string of the molecule is CC(C)=CCC/C(C)=C/COc1c2c(cc3occc13)OC1(C=C2)OC(CC/C(C)=C/COc2c3ccoc3cc3oc(=O)ccc23)C(C)(C)O1. The first kappa shape index (κ1) is 34.5. The Kier molecular flexibility index (Phi) is 9.44. The molecule has 9 heteroatoms. The van der Waals surface area contributed by atoms with Gasteiger partial charge < -0.3 is 36.9 Å². The molecule has 7 rings (SSSR count). The molecule has 0 N–H and O–H groups in total. The summed E-state index contributed by atoms with van der Waals surface area (Å²) >= 11 is 0. The molecule has 0 bridgehead atoms. The van der Waals surface area contributed by atoms with Crippen molar-refractivity contribution in [2.75, 3.05) is 13.2 Å². The summed E-state index contributed by atoms with van der Waals surface area (Å²) in [4.78, 5) is 11.8. The standard InChI is InChI=1S/C42H44O9/c1-26(2)8-7-9-27(3)15-20-47-40-30-14-19-42(49-36(30)25-34-32(40)18-23-45-34)50-37(41(5,6)51-42)12-10-28(4)16-21-46-39-29-11-13-38(43)48-35(29)24-33-31(39)17-22-44-33/h8,11,13-19,22-25,37H,7,9-10,12,20-21H2,1-6H3/b27-15+,28-16+. The lowest BCUT2D eigenvalue weighted by Crippen LogP contribution is -2.38. The summed E-state index contributed by atoms with van der Waals surface area (Å²) in [6, 6.07) is 10.4. The van der Waals surface area contributed by atoms with Gasteiger partial charge in [-0.25, -0.2) is 4.79 Å². The van der Waals surface area contributed by atoms with Crippen LogP contribution in [0.5, 0.6) is 17.2 Å². The van der Waals surface area contributed by atoms with E-state index in [2.05, 4.69) is 39.8 Å². The number of hydrogen-bond acceptors (Lipinski definition) is 9. The summed E-state index contributed by atoms with van der Waals surface area (Å²) in [5.41, 5.74) is 5.19. The summed E-state index contributed by atoms with van der Waals surface area (Å²) in [5.74, 6) is 0.515. The molecule has 5 aromatic rings. The lowest BCUT2D eigenvalue weighted by molar-refractivity contribution is -0.270. The van der Waals surface area contributed by atoms with Crippen molar-refractivity contribution in [1.82, 2.24) is 0 Å². The quantitative estimate of drug-likeness (QED) is 0.0933. The van der Waals surface area contributed by atoms with Crippen LogP contribution in [0.15, 0.2) is 108 Å². The van der Waals surface area contributed by atoms with E-state index in [0.29, 0.717) is 59.0 Å². The maximum atomic E-state index is 11.8. The van der Waals surface area contributed by atoms with E-state index in [1.807, 2.05) is 50.3 Å². The van der Waals surface area contributed by atoms with E-state index in [9.17, 15) is 4.79 Å². The summed E-state index contributed by atoms with van der Waals surface area (Å²) in [7, 11) is 0. The van der Waals surface area contributed by atoms with Crippen LogP contribution in [-0.2, 0) is 9.47 Å². The Morgan fingerprint density at radius 1 is 0.804 bits per heavy atom. The third kappa shape index (κ3) is 7.27.